The van der Waals surface area contributed by atoms with Gasteiger partial charge in [0.25, 0.3) is 0 Å². The van der Waals surface area contributed by atoms with E-state index in [-0.39, 0.29) is 0 Å². The van der Waals surface area contributed by atoms with Crippen LogP contribution in [0.25, 0.3) is 0 Å². The highest BCUT2D eigenvalue weighted by atomic mass is 32.1. The Morgan fingerprint density at radius 1 is 1.55 bits per heavy atom. The predicted octanol–water partition coefficient (Wildman–Crippen LogP) is 1.72. The molecule has 2 aromatic heterocycles. The van der Waals surface area contributed by atoms with Crippen molar-refractivity contribution in [2.75, 3.05) is 0 Å². The summed E-state index contributed by atoms with van der Waals surface area (Å²) in [7, 11) is 0. The zero-order chi connectivity index (χ0) is 7.52. The average molecular weight is 166 g/mol. The van der Waals surface area contributed by atoms with Gasteiger partial charge in [0.1, 0.15) is 0 Å². The molecule has 0 spiro atoms. The van der Waals surface area contributed by atoms with Crippen molar-refractivity contribution in [2.24, 2.45) is 0 Å². The number of thiophene rings is 1. The predicted molar refractivity (Wildman–Crippen MR) is 41.4 cm³/mol. The first kappa shape index (κ1) is 6.54. The third-order valence-corrected chi connectivity index (χ3v) is 2.19. The van der Waals surface area contributed by atoms with Gasteiger partial charge >= 0.3 is 0 Å². The van der Waals surface area contributed by atoms with Crippen LogP contribution in [0.4, 0.5) is 0 Å². The fourth-order valence-electron chi connectivity index (χ4n) is 0.835. The minimum atomic E-state index is 0.674. The Bertz CT molecular complexity index is 269. The molecule has 0 radical (unpaired) electrons. The number of hydrogen-bond donors (Lipinski definition) is 0. The van der Waals surface area contributed by atoms with Crippen LogP contribution in [0.2, 0.25) is 0 Å². The van der Waals surface area contributed by atoms with Gasteiger partial charge in [0.15, 0.2) is 0 Å². The maximum atomic E-state index is 4.99. The second-order valence-electron chi connectivity index (χ2n) is 2.09. The fourth-order valence-corrected chi connectivity index (χ4v) is 1.53. The van der Waals surface area contributed by atoms with E-state index in [0.717, 1.165) is 6.42 Å². The Hall–Kier alpha value is -1.16. The molecule has 11 heavy (non-hydrogen) atoms. The molecule has 2 heterocycles. The summed E-state index contributed by atoms with van der Waals surface area (Å²) >= 11 is 1.69. The smallest absolute Gasteiger partial charge is 0.221 e. The van der Waals surface area contributed by atoms with Crippen molar-refractivity contribution < 1.29 is 4.42 Å². The molecular formula is C7H6N2OS. The van der Waals surface area contributed by atoms with Gasteiger partial charge in [-0.25, -0.2) is 0 Å². The molecule has 0 saturated carbocycles. The summed E-state index contributed by atoms with van der Waals surface area (Å²) in [6.07, 6.45) is 2.10. The summed E-state index contributed by atoms with van der Waals surface area (Å²) in [5.41, 5.74) is 0. The molecule has 2 rings (SSSR count). The monoisotopic (exact) mass is 166 g/mol. The molecule has 56 valence electrons. The van der Waals surface area contributed by atoms with Gasteiger partial charge < -0.3 is 4.42 Å². The zero-order valence-corrected chi connectivity index (χ0v) is 6.54. The van der Waals surface area contributed by atoms with Gasteiger partial charge in [-0.05, 0) is 11.4 Å². The molecule has 3 nitrogen and oxygen atoms in total. The minimum absolute atomic E-state index is 0.674. The largest absolute Gasteiger partial charge is 0.428 e. The van der Waals surface area contributed by atoms with Crippen LogP contribution in [0.3, 0.4) is 0 Å². The molecule has 0 aliphatic heterocycles. The van der Waals surface area contributed by atoms with E-state index in [4.69, 9.17) is 4.42 Å². The summed E-state index contributed by atoms with van der Waals surface area (Å²) < 4.78 is 4.99. The van der Waals surface area contributed by atoms with Gasteiger partial charge in [-0.3, -0.25) is 0 Å². The summed E-state index contributed by atoms with van der Waals surface area (Å²) in [6.45, 7) is 0. The normalized spacial score (nSPS) is 10.2. The van der Waals surface area contributed by atoms with Crippen molar-refractivity contribution in [3.63, 3.8) is 0 Å². The molecule has 0 fully saturated rings. The van der Waals surface area contributed by atoms with E-state index in [0.29, 0.717) is 5.89 Å². The van der Waals surface area contributed by atoms with Crippen molar-refractivity contribution in [3.05, 3.63) is 34.7 Å². The van der Waals surface area contributed by atoms with Crippen molar-refractivity contribution >= 4 is 11.3 Å². The van der Waals surface area contributed by atoms with Crippen LogP contribution in [0.5, 0.6) is 0 Å². The summed E-state index contributed by atoms with van der Waals surface area (Å²) in [6, 6.07) is 4.06. The van der Waals surface area contributed by atoms with E-state index >= 15 is 0 Å². The lowest BCUT2D eigenvalue weighted by atomic mass is 10.3. The van der Waals surface area contributed by atoms with E-state index in [9.17, 15) is 0 Å². The Balaban J connectivity index is 2.14. The number of hydrogen-bond acceptors (Lipinski definition) is 4. The van der Waals surface area contributed by atoms with Gasteiger partial charge in [0.05, 0.1) is 6.42 Å². The highest BCUT2D eigenvalue weighted by Gasteiger charge is 2.00. The summed E-state index contributed by atoms with van der Waals surface area (Å²) in [5, 5.41) is 9.41. The van der Waals surface area contributed by atoms with Gasteiger partial charge in [0.2, 0.25) is 12.3 Å². The molecule has 0 aliphatic rings. The maximum Gasteiger partial charge on any atom is 0.221 e. The Morgan fingerprint density at radius 2 is 2.55 bits per heavy atom. The number of aromatic nitrogens is 2. The molecule has 0 aromatic carbocycles. The van der Waals surface area contributed by atoms with Gasteiger partial charge in [0, 0.05) is 4.88 Å². The zero-order valence-electron chi connectivity index (χ0n) is 5.73. The van der Waals surface area contributed by atoms with Crippen molar-refractivity contribution in [2.45, 2.75) is 6.42 Å². The summed E-state index contributed by atoms with van der Waals surface area (Å²) in [4.78, 5) is 1.24. The molecule has 0 saturated heterocycles. The first-order valence-electron chi connectivity index (χ1n) is 3.22. The molecule has 0 bridgehead atoms. The second kappa shape index (κ2) is 2.84. The van der Waals surface area contributed by atoms with Crippen LogP contribution in [0.15, 0.2) is 28.3 Å². The lowest BCUT2D eigenvalue weighted by Gasteiger charge is -1.86. The Kier molecular flexibility index (Phi) is 1.69. The highest BCUT2D eigenvalue weighted by Crippen LogP contribution is 2.12. The number of nitrogens with zero attached hydrogens (tertiary/aromatic N) is 2. The van der Waals surface area contributed by atoms with Crippen LogP contribution < -0.4 is 0 Å². The van der Waals surface area contributed by atoms with Crippen LogP contribution >= 0.6 is 11.3 Å². The van der Waals surface area contributed by atoms with Crippen molar-refractivity contribution in [1.29, 1.82) is 0 Å². The number of rotatable bonds is 2. The van der Waals surface area contributed by atoms with Gasteiger partial charge in [-0.1, -0.05) is 6.07 Å². The lowest BCUT2D eigenvalue weighted by Crippen LogP contribution is -1.83. The first-order chi connectivity index (χ1) is 5.45. The van der Waals surface area contributed by atoms with Crippen molar-refractivity contribution in [3.8, 4) is 0 Å². The Morgan fingerprint density at radius 3 is 3.18 bits per heavy atom. The minimum Gasteiger partial charge on any atom is -0.428 e. The third-order valence-electron chi connectivity index (χ3n) is 1.31. The average Bonchev–Trinajstić information content (AvgIpc) is 2.60. The standard InChI is InChI=1S/C7H6N2OS/c1-2-6(11-3-1)4-7-9-8-5-10-7/h1-3,5H,4H2. The SMILES string of the molecule is c1csc(Cc2nnco2)c1. The molecule has 0 atom stereocenters. The van der Waals surface area contributed by atoms with Gasteiger partial charge in [-0.15, -0.1) is 21.5 Å². The maximum absolute atomic E-state index is 4.99. The van der Waals surface area contributed by atoms with Gasteiger partial charge in [-0.2, -0.15) is 0 Å². The fraction of sp³-hybridized carbons (Fsp3) is 0.143. The molecule has 0 N–H and O–H groups in total. The van der Waals surface area contributed by atoms with E-state index in [2.05, 4.69) is 16.3 Å². The van der Waals surface area contributed by atoms with E-state index in [1.54, 1.807) is 11.3 Å². The molecule has 4 heteroatoms. The van der Waals surface area contributed by atoms with E-state index in [1.807, 2.05) is 11.4 Å². The molecule has 2 aromatic rings. The molecule has 0 aliphatic carbocycles. The molecule has 0 amide bonds. The van der Waals surface area contributed by atoms with E-state index in [1.165, 1.54) is 11.3 Å². The van der Waals surface area contributed by atoms with Crippen molar-refractivity contribution in [1.82, 2.24) is 10.2 Å². The molecule has 0 unspecified atom stereocenters. The Labute approximate surface area is 67.7 Å². The lowest BCUT2D eigenvalue weighted by molar-refractivity contribution is 0.506. The highest BCUT2D eigenvalue weighted by molar-refractivity contribution is 7.09. The van der Waals surface area contributed by atoms with Crippen LogP contribution in [-0.2, 0) is 6.42 Å². The first-order valence-corrected chi connectivity index (χ1v) is 4.10. The van der Waals surface area contributed by atoms with Crippen LogP contribution in [-0.4, -0.2) is 10.2 Å². The molecular weight excluding hydrogens is 160 g/mol. The van der Waals surface area contributed by atoms with Crippen LogP contribution in [0.1, 0.15) is 10.8 Å². The van der Waals surface area contributed by atoms with E-state index < -0.39 is 0 Å². The third kappa shape index (κ3) is 1.46. The van der Waals surface area contributed by atoms with Crippen LogP contribution in [0, 0.1) is 0 Å². The quantitative estimate of drug-likeness (QED) is 0.681. The topological polar surface area (TPSA) is 38.9 Å². The summed E-state index contributed by atoms with van der Waals surface area (Å²) in [5.74, 6) is 0.674. The second-order valence-corrected chi connectivity index (χ2v) is 3.12.